The molecule has 0 saturated carbocycles. The molecule has 10 heteroatoms. The Morgan fingerprint density at radius 3 is 2.20 bits per heavy atom. The number of anilines is 3. The van der Waals surface area contributed by atoms with E-state index in [1.807, 2.05) is 98.7 Å². The Bertz CT molecular complexity index is 2060. The maximum Gasteiger partial charge on any atom is 0.324 e. The molecule has 0 aliphatic carbocycles. The Hall–Kier alpha value is -4.67. The van der Waals surface area contributed by atoms with E-state index in [4.69, 9.17) is 5.10 Å². The van der Waals surface area contributed by atoms with Gasteiger partial charge in [-0.05, 0) is 80.7 Å². The van der Waals surface area contributed by atoms with E-state index in [0.29, 0.717) is 22.0 Å². The van der Waals surface area contributed by atoms with Crippen LogP contribution in [-0.4, -0.2) is 51.4 Å². The SMILES string of the molecule is Cc1ccc(-n2nc(C(C)(C)C)cc2NC(=O)Nc2ccc(C(C3CCNCC3)S(=O)(=O)c3cccc4c(N(C)C)cccc34)cc2)cc1. The molecule has 1 aromatic heterocycles. The fourth-order valence-electron chi connectivity index (χ4n) is 6.65. The zero-order valence-corrected chi connectivity index (χ0v) is 29.9. The van der Waals surface area contributed by atoms with Crippen LogP contribution < -0.4 is 20.9 Å². The summed E-state index contributed by atoms with van der Waals surface area (Å²) in [5.74, 6) is 0.493. The average molecular weight is 679 g/mol. The standard InChI is InChI=1S/C39H46N6O3S/c1-26-13-19-30(20-14-26)45-36(25-35(43-45)39(2,3)4)42-38(46)41-29-17-15-27(16-18-29)37(28-21-23-40-24-22-28)49(47,48)34-12-8-9-31-32(34)10-7-11-33(31)44(5)6/h7-20,25,28,37,40H,21-24H2,1-6H3,(H2,41,42,46). The predicted octanol–water partition coefficient (Wildman–Crippen LogP) is 7.86. The molecule has 6 rings (SSSR count). The van der Waals surface area contributed by atoms with Gasteiger partial charge < -0.3 is 15.5 Å². The highest BCUT2D eigenvalue weighted by atomic mass is 32.2. The molecule has 1 atom stereocenters. The molecule has 2 heterocycles. The highest BCUT2D eigenvalue weighted by molar-refractivity contribution is 7.92. The Kier molecular flexibility index (Phi) is 9.55. The largest absolute Gasteiger partial charge is 0.377 e. The lowest BCUT2D eigenvalue weighted by atomic mass is 9.90. The molecule has 0 bridgehead atoms. The number of carbonyl (C=O) groups excluding carboxylic acids is 1. The van der Waals surface area contributed by atoms with E-state index in [2.05, 4.69) is 36.7 Å². The molecule has 9 nitrogen and oxygen atoms in total. The number of hydrogen-bond acceptors (Lipinski definition) is 6. The molecular weight excluding hydrogens is 633 g/mol. The summed E-state index contributed by atoms with van der Waals surface area (Å²) < 4.78 is 31.2. The van der Waals surface area contributed by atoms with Crippen LogP contribution in [-0.2, 0) is 15.3 Å². The number of sulfone groups is 1. The van der Waals surface area contributed by atoms with Crippen molar-refractivity contribution in [2.75, 3.05) is 42.7 Å². The van der Waals surface area contributed by atoms with Gasteiger partial charge in [0.05, 0.1) is 21.5 Å². The first-order valence-electron chi connectivity index (χ1n) is 16.8. The Balaban J connectivity index is 1.28. The Morgan fingerprint density at radius 1 is 0.898 bits per heavy atom. The van der Waals surface area contributed by atoms with Crippen LogP contribution >= 0.6 is 0 Å². The molecule has 1 unspecified atom stereocenters. The molecule has 1 fully saturated rings. The van der Waals surface area contributed by atoms with Crippen LogP contribution in [0, 0.1) is 12.8 Å². The number of aryl methyl sites for hydroxylation is 1. The van der Waals surface area contributed by atoms with E-state index >= 15 is 0 Å². The Morgan fingerprint density at radius 2 is 1.55 bits per heavy atom. The van der Waals surface area contributed by atoms with E-state index in [1.54, 1.807) is 22.9 Å². The lowest BCUT2D eigenvalue weighted by Crippen LogP contribution is -2.33. The summed E-state index contributed by atoms with van der Waals surface area (Å²) in [4.78, 5) is 15.7. The molecule has 0 spiro atoms. The minimum atomic E-state index is -3.80. The van der Waals surface area contributed by atoms with E-state index in [9.17, 15) is 13.2 Å². The van der Waals surface area contributed by atoms with Gasteiger partial charge in [0.1, 0.15) is 5.82 Å². The number of hydrogen-bond donors (Lipinski definition) is 3. The number of rotatable bonds is 8. The van der Waals surface area contributed by atoms with Crippen molar-refractivity contribution in [2.45, 2.75) is 56.1 Å². The van der Waals surface area contributed by atoms with Gasteiger partial charge in [-0.2, -0.15) is 5.10 Å². The molecule has 256 valence electrons. The van der Waals surface area contributed by atoms with Crippen molar-refractivity contribution in [1.82, 2.24) is 15.1 Å². The van der Waals surface area contributed by atoms with Gasteiger partial charge >= 0.3 is 6.03 Å². The zero-order valence-electron chi connectivity index (χ0n) is 29.1. The van der Waals surface area contributed by atoms with E-state index in [-0.39, 0.29) is 11.3 Å². The van der Waals surface area contributed by atoms with Crippen molar-refractivity contribution in [1.29, 1.82) is 0 Å². The summed E-state index contributed by atoms with van der Waals surface area (Å²) in [5, 5.41) is 15.0. The van der Waals surface area contributed by atoms with Gasteiger partial charge in [0.25, 0.3) is 0 Å². The summed E-state index contributed by atoms with van der Waals surface area (Å²) in [6.07, 6.45) is 1.51. The summed E-state index contributed by atoms with van der Waals surface area (Å²) in [7, 11) is 0.128. The van der Waals surface area contributed by atoms with Gasteiger partial charge in [0.15, 0.2) is 9.84 Å². The average Bonchev–Trinajstić information content (AvgIpc) is 3.50. The predicted molar refractivity (Wildman–Crippen MR) is 200 cm³/mol. The molecule has 0 radical (unpaired) electrons. The number of fused-ring (bicyclic) bond motifs is 1. The highest BCUT2D eigenvalue weighted by Crippen LogP contribution is 2.42. The second-order valence-corrected chi connectivity index (χ2v) is 16.2. The molecule has 1 aliphatic heterocycles. The number of aromatic nitrogens is 2. The van der Waals surface area contributed by atoms with E-state index in [1.165, 1.54) is 0 Å². The minimum absolute atomic E-state index is 0.0558. The topological polar surface area (TPSA) is 108 Å². The van der Waals surface area contributed by atoms with Crippen LogP contribution in [0.5, 0.6) is 0 Å². The summed E-state index contributed by atoms with van der Waals surface area (Å²) in [6, 6.07) is 28.1. The maximum atomic E-state index is 14.7. The van der Waals surface area contributed by atoms with Crippen molar-refractivity contribution in [2.24, 2.45) is 5.92 Å². The first-order chi connectivity index (χ1) is 23.3. The number of carbonyl (C=O) groups is 1. The van der Waals surface area contributed by atoms with Crippen LogP contribution in [0.2, 0.25) is 0 Å². The quantitative estimate of drug-likeness (QED) is 0.154. The second kappa shape index (κ2) is 13.7. The molecule has 2 amide bonds. The lowest BCUT2D eigenvalue weighted by Gasteiger charge is -2.31. The maximum absolute atomic E-state index is 14.7. The van der Waals surface area contributed by atoms with E-state index < -0.39 is 21.1 Å². The van der Waals surface area contributed by atoms with E-state index in [0.717, 1.165) is 59.3 Å². The van der Waals surface area contributed by atoms with Crippen LogP contribution in [0.4, 0.5) is 22.0 Å². The number of amides is 2. The van der Waals surface area contributed by atoms with Crippen molar-refractivity contribution >= 4 is 43.8 Å². The number of urea groups is 1. The van der Waals surface area contributed by atoms with Crippen molar-refractivity contribution < 1.29 is 13.2 Å². The summed E-state index contributed by atoms with van der Waals surface area (Å²) in [6.45, 7) is 9.82. The molecule has 3 N–H and O–H groups in total. The summed E-state index contributed by atoms with van der Waals surface area (Å²) >= 11 is 0. The molecule has 5 aromatic rings. The third-order valence-electron chi connectivity index (χ3n) is 9.29. The van der Waals surface area contributed by atoms with Crippen LogP contribution in [0.1, 0.15) is 55.7 Å². The van der Waals surface area contributed by atoms with Gasteiger partial charge in [-0.3, -0.25) is 5.32 Å². The van der Waals surface area contributed by atoms with Crippen molar-refractivity contribution in [3.63, 3.8) is 0 Å². The first kappa shape index (κ1) is 34.2. The molecule has 49 heavy (non-hydrogen) atoms. The normalized spacial score (nSPS) is 14.8. The van der Waals surface area contributed by atoms with Crippen molar-refractivity contribution in [3.8, 4) is 5.69 Å². The number of piperidine rings is 1. The number of nitrogens with zero attached hydrogens (tertiary/aromatic N) is 3. The smallest absolute Gasteiger partial charge is 0.324 e. The highest BCUT2D eigenvalue weighted by Gasteiger charge is 2.37. The van der Waals surface area contributed by atoms with Crippen LogP contribution in [0.25, 0.3) is 16.5 Å². The summed E-state index contributed by atoms with van der Waals surface area (Å²) in [5.41, 5.74) is 4.85. The molecule has 4 aromatic carbocycles. The van der Waals surface area contributed by atoms with Crippen LogP contribution in [0.15, 0.2) is 95.9 Å². The minimum Gasteiger partial charge on any atom is -0.377 e. The second-order valence-electron chi connectivity index (χ2n) is 14.2. The Labute approximate surface area is 289 Å². The van der Waals surface area contributed by atoms with Crippen molar-refractivity contribution in [3.05, 3.63) is 108 Å². The molecule has 1 saturated heterocycles. The number of nitrogens with one attached hydrogen (secondary N) is 3. The first-order valence-corrected chi connectivity index (χ1v) is 18.4. The fourth-order valence-corrected chi connectivity index (χ4v) is 8.97. The fraction of sp³-hybridized carbons (Fsp3) is 0.333. The van der Waals surface area contributed by atoms with Gasteiger partial charge in [-0.25, -0.2) is 17.9 Å². The number of benzene rings is 4. The third kappa shape index (κ3) is 7.21. The zero-order chi connectivity index (χ0) is 34.9. The monoisotopic (exact) mass is 678 g/mol. The molecular formula is C39H46N6O3S. The third-order valence-corrected chi connectivity index (χ3v) is 11.6. The van der Waals surface area contributed by atoms with Gasteiger partial charge in [0.2, 0.25) is 0 Å². The molecule has 1 aliphatic rings. The lowest BCUT2D eigenvalue weighted by molar-refractivity contribution is 0.262. The van der Waals surface area contributed by atoms with Gasteiger partial charge in [-0.15, -0.1) is 0 Å². The van der Waals surface area contributed by atoms with Gasteiger partial charge in [0, 0.05) is 47.7 Å². The van der Waals surface area contributed by atoms with Gasteiger partial charge in [-0.1, -0.05) is 74.9 Å². The van der Waals surface area contributed by atoms with Crippen LogP contribution in [0.3, 0.4) is 0 Å².